The largest absolute Gasteiger partial charge is 0.375 e. The van der Waals surface area contributed by atoms with Crippen molar-refractivity contribution in [3.8, 4) is 0 Å². The highest BCUT2D eigenvalue weighted by Crippen LogP contribution is 2.02. The van der Waals surface area contributed by atoms with Gasteiger partial charge in [0.25, 0.3) is 0 Å². The van der Waals surface area contributed by atoms with Crippen LogP contribution in [0.2, 0.25) is 0 Å². The molecule has 0 aliphatic heterocycles. The molecule has 0 rings (SSSR count). The van der Waals surface area contributed by atoms with Gasteiger partial charge in [-0.05, 0) is 31.5 Å². The van der Waals surface area contributed by atoms with Crippen molar-refractivity contribution >= 4 is 18.1 Å². The van der Waals surface area contributed by atoms with Crippen LogP contribution in [0.15, 0.2) is 24.4 Å². The van der Waals surface area contributed by atoms with E-state index in [1.165, 1.54) is 6.08 Å². The molecule has 0 aromatic heterocycles. The smallest absolute Gasteiger partial charge is 0.239 e. The van der Waals surface area contributed by atoms with E-state index in [0.717, 1.165) is 0 Å². The second-order valence-electron chi connectivity index (χ2n) is 4.78. The fourth-order valence-electron chi connectivity index (χ4n) is 1.56. The fourth-order valence-corrected chi connectivity index (χ4v) is 1.56. The number of amides is 2. The summed E-state index contributed by atoms with van der Waals surface area (Å²) in [6, 6.07) is 0. The second-order valence-corrected chi connectivity index (χ2v) is 4.78. The third kappa shape index (κ3) is 10.6. The molecule has 7 nitrogen and oxygen atoms in total. The third-order valence-corrected chi connectivity index (χ3v) is 2.90. The van der Waals surface area contributed by atoms with E-state index in [1.807, 2.05) is 11.9 Å². The topological polar surface area (TPSA) is 105 Å². The lowest BCUT2D eigenvalue weighted by atomic mass is 10.2. The van der Waals surface area contributed by atoms with Crippen molar-refractivity contribution in [2.75, 3.05) is 33.2 Å². The first-order chi connectivity index (χ1) is 10.5. The summed E-state index contributed by atoms with van der Waals surface area (Å²) in [5.74, 6) is -0.386. The summed E-state index contributed by atoms with van der Waals surface area (Å²) in [7, 11) is 1.83. The number of rotatable bonds is 12. The SMILES string of the molecule is C=C(/C=C\C=O)N(C)CCCC(=O)NCC(=O)NCCCN. The Morgan fingerprint density at radius 1 is 1.23 bits per heavy atom. The zero-order chi connectivity index (χ0) is 16.8. The Kier molecular flexibility index (Phi) is 11.4. The summed E-state index contributed by atoms with van der Waals surface area (Å²) < 4.78 is 0. The second kappa shape index (κ2) is 12.6. The molecule has 0 fully saturated rings. The highest BCUT2D eigenvalue weighted by atomic mass is 16.2. The maximum atomic E-state index is 11.6. The van der Waals surface area contributed by atoms with E-state index in [-0.39, 0.29) is 18.4 Å². The predicted molar refractivity (Wildman–Crippen MR) is 85.9 cm³/mol. The molecule has 124 valence electrons. The van der Waals surface area contributed by atoms with Gasteiger partial charge in [0.05, 0.1) is 6.54 Å². The Labute approximate surface area is 131 Å². The van der Waals surface area contributed by atoms with Crippen LogP contribution in [-0.2, 0) is 14.4 Å². The number of hydrogen-bond acceptors (Lipinski definition) is 5. The molecule has 0 unspecified atom stereocenters. The lowest BCUT2D eigenvalue weighted by Crippen LogP contribution is -2.37. The molecule has 0 aromatic carbocycles. The monoisotopic (exact) mass is 310 g/mol. The summed E-state index contributed by atoms with van der Waals surface area (Å²) in [5.41, 5.74) is 6.01. The molecule has 0 aliphatic rings. The molecule has 0 atom stereocenters. The zero-order valence-electron chi connectivity index (χ0n) is 13.1. The maximum Gasteiger partial charge on any atom is 0.239 e. The summed E-state index contributed by atoms with van der Waals surface area (Å²) in [5, 5.41) is 5.22. The third-order valence-electron chi connectivity index (χ3n) is 2.90. The van der Waals surface area contributed by atoms with Gasteiger partial charge in [-0.15, -0.1) is 0 Å². The Morgan fingerprint density at radius 2 is 1.95 bits per heavy atom. The first-order valence-electron chi connectivity index (χ1n) is 7.26. The van der Waals surface area contributed by atoms with Gasteiger partial charge in [-0.25, -0.2) is 0 Å². The molecule has 0 aliphatic carbocycles. The standard InChI is InChI=1S/C15H26N4O3/c1-13(6-4-11-20)19(2)10-3-7-14(21)18-12-15(22)17-9-5-8-16/h4,6,11H,1,3,5,7-10,12,16H2,2H3,(H,17,22)(H,18,21)/b6-4-. The number of aldehydes is 1. The van der Waals surface area contributed by atoms with E-state index < -0.39 is 0 Å². The quantitative estimate of drug-likeness (QED) is 0.196. The van der Waals surface area contributed by atoms with Crippen LogP contribution in [0.5, 0.6) is 0 Å². The van der Waals surface area contributed by atoms with Crippen LogP contribution in [0.4, 0.5) is 0 Å². The molecule has 0 saturated heterocycles. The van der Waals surface area contributed by atoms with E-state index in [4.69, 9.17) is 5.73 Å². The Balaban J connectivity index is 3.77. The van der Waals surface area contributed by atoms with Gasteiger partial charge < -0.3 is 21.3 Å². The lowest BCUT2D eigenvalue weighted by molar-refractivity contribution is -0.126. The van der Waals surface area contributed by atoms with Gasteiger partial charge in [0.1, 0.15) is 6.29 Å². The van der Waals surface area contributed by atoms with Crippen molar-refractivity contribution in [3.05, 3.63) is 24.4 Å². The molecule has 0 spiro atoms. The normalized spacial score (nSPS) is 10.3. The van der Waals surface area contributed by atoms with Crippen LogP contribution < -0.4 is 16.4 Å². The van der Waals surface area contributed by atoms with Gasteiger partial charge in [0, 0.05) is 32.3 Å². The number of nitrogens with two attached hydrogens (primary N) is 1. The van der Waals surface area contributed by atoms with Gasteiger partial charge >= 0.3 is 0 Å². The fraction of sp³-hybridized carbons (Fsp3) is 0.533. The van der Waals surface area contributed by atoms with Gasteiger partial charge in [-0.2, -0.15) is 0 Å². The lowest BCUT2D eigenvalue weighted by Gasteiger charge is -2.18. The molecule has 0 aromatic rings. The first kappa shape index (κ1) is 19.9. The molecule has 0 heterocycles. The Bertz CT molecular complexity index is 408. The maximum absolute atomic E-state index is 11.6. The molecule has 2 amide bonds. The number of hydrogen-bond donors (Lipinski definition) is 3. The zero-order valence-corrected chi connectivity index (χ0v) is 13.1. The van der Waals surface area contributed by atoms with E-state index in [0.29, 0.717) is 50.9 Å². The van der Waals surface area contributed by atoms with E-state index in [9.17, 15) is 14.4 Å². The minimum atomic E-state index is -0.216. The summed E-state index contributed by atoms with van der Waals surface area (Å²) in [6.07, 6.45) is 5.34. The van der Waals surface area contributed by atoms with Crippen LogP contribution in [-0.4, -0.2) is 56.2 Å². The highest BCUT2D eigenvalue weighted by molar-refractivity contribution is 5.84. The summed E-state index contributed by atoms with van der Waals surface area (Å²) >= 11 is 0. The van der Waals surface area contributed by atoms with Crippen molar-refractivity contribution in [1.29, 1.82) is 0 Å². The van der Waals surface area contributed by atoms with E-state index >= 15 is 0 Å². The number of carbonyl (C=O) groups excluding carboxylic acids is 3. The molecule has 22 heavy (non-hydrogen) atoms. The van der Waals surface area contributed by atoms with E-state index in [1.54, 1.807) is 6.08 Å². The Hall–Kier alpha value is -2.15. The van der Waals surface area contributed by atoms with E-state index in [2.05, 4.69) is 17.2 Å². The number of likely N-dealkylation sites (N-methyl/N-ethyl adjacent to an activating group) is 1. The van der Waals surface area contributed by atoms with Crippen molar-refractivity contribution in [2.45, 2.75) is 19.3 Å². The van der Waals surface area contributed by atoms with Crippen LogP contribution in [0.3, 0.4) is 0 Å². The van der Waals surface area contributed by atoms with Gasteiger partial charge in [-0.1, -0.05) is 6.58 Å². The number of allylic oxidation sites excluding steroid dienone is 2. The molecular weight excluding hydrogens is 284 g/mol. The number of nitrogens with zero attached hydrogens (tertiary/aromatic N) is 1. The molecule has 4 N–H and O–H groups in total. The van der Waals surface area contributed by atoms with Gasteiger partial charge in [-0.3, -0.25) is 14.4 Å². The van der Waals surface area contributed by atoms with Crippen LogP contribution in [0.1, 0.15) is 19.3 Å². The number of carbonyl (C=O) groups is 3. The summed E-state index contributed by atoms with van der Waals surface area (Å²) in [4.78, 5) is 35.0. The average molecular weight is 310 g/mol. The average Bonchev–Trinajstić information content (AvgIpc) is 2.50. The van der Waals surface area contributed by atoms with Crippen LogP contribution in [0.25, 0.3) is 0 Å². The first-order valence-corrected chi connectivity index (χ1v) is 7.26. The van der Waals surface area contributed by atoms with Crippen molar-refractivity contribution in [2.24, 2.45) is 5.73 Å². The molecule has 0 saturated carbocycles. The van der Waals surface area contributed by atoms with Crippen LogP contribution >= 0.6 is 0 Å². The molecule has 0 bridgehead atoms. The predicted octanol–water partition coefficient (Wildman–Crippen LogP) is -0.452. The molecular formula is C15H26N4O3. The van der Waals surface area contributed by atoms with Crippen molar-refractivity contribution in [3.63, 3.8) is 0 Å². The van der Waals surface area contributed by atoms with Gasteiger partial charge in [0.15, 0.2) is 0 Å². The Morgan fingerprint density at radius 3 is 2.59 bits per heavy atom. The van der Waals surface area contributed by atoms with Crippen molar-refractivity contribution < 1.29 is 14.4 Å². The van der Waals surface area contributed by atoms with Gasteiger partial charge in [0.2, 0.25) is 11.8 Å². The minimum absolute atomic E-state index is 0.0198. The number of nitrogens with one attached hydrogen (secondary N) is 2. The van der Waals surface area contributed by atoms with Crippen LogP contribution in [0, 0.1) is 0 Å². The highest BCUT2D eigenvalue weighted by Gasteiger charge is 2.06. The summed E-state index contributed by atoms with van der Waals surface area (Å²) in [6.45, 7) is 5.46. The minimum Gasteiger partial charge on any atom is -0.375 e. The van der Waals surface area contributed by atoms with Crippen molar-refractivity contribution in [1.82, 2.24) is 15.5 Å². The molecule has 0 radical (unpaired) electrons. The molecule has 7 heteroatoms.